The summed E-state index contributed by atoms with van der Waals surface area (Å²) in [5, 5.41) is 12.5. The van der Waals surface area contributed by atoms with E-state index in [1.54, 1.807) is 23.5 Å². The van der Waals surface area contributed by atoms with E-state index in [4.69, 9.17) is 4.74 Å². The third-order valence-corrected chi connectivity index (χ3v) is 5.13. The number of hydrogen-bond acceptors (Lipinski definition) is 4. The second-order valence-electron chi connectivity index (χ2n) is 6.61. The van der Waals surface area contributed by atoms with Crippen LogP contribution in [0.2, 0.25) is 0 Å². The molecular formula is C22H24FNO2S. The molecular weight excluding hydrogens is 361 g/mol. The highest BCUT2D eigenvalue weighted by molar-refractivity contribution is 7.09. The van der Waals surface area contributed by atoms with E-state index in [0.29, 0.717) is 13.1 Å². The Bertz CT molecular complexity index is 821. The zero-order valence-electron chi connectivity index (χ0n) is 15.3. The standard InChI is InChI=1S/C22H24FNO2S/c1-17-5-2-3-7-22(17)26-16-20(25)14-24(15-21-6-4-12-27-21)13-18-8-10-19(23)11-9-18/h2-12,20,25H,13-16H2,1H3/t20-/m1/s1. The fourth-order valence-electron chi connectivity index (χ4n) is 2.91. The number of aliphatic hydroxyl groups is 1. The van der Waals surface area contributed by atoms with E-state index < -0.39 is 6.10 Å². The Morgan fingerprint density at radius 2 is 1.81 bits per heavy atom. The first kappa shape index (κ1) is 19.5. The van der Waals surface area contributed by atoms with Gasteiger partial charge in [-0.1, -0.05) is 36.4 Å². The van der Waals surface area contributed by atoms with Crippen molar-refractivity contribution < 1.29 is 14.2 Å². The Labute approximate surface area is 163 Å². The third-order valence-electron chi connectivity index (χ3n) is 4.27. The Balaban J connectivity index is 1.61. The Kier molecular flexibility index (Phi) is 6.98. The predicted molar refractivity (Wildman–Crippen MR) is 108 cm³/mol. The van der Waals surface area contributed by atoms with Gasteiger partial charge in [-0.25, -0.2) is 4.39 Å². The summed E-state index contributed by atoms with van der Waals surface area (Å²) in [6.45, 7) is 4.06. The van der Waals surface area contributed by atoms with Gasteiger partial charge in [0.2, 0.25) is 0 Å². The van der Waals surface area contributed by atoms with Crippen LogP contribution in [0.15, 0.2) is 66.0 Å². The van der Waals surface area contributed by atoms with Gasteiger partial charge in [0.1, 0.15) is 24.3 Å². The molecule has 1 heterocycles. The van der Waals surface area contributed by atoms with E-state index in [9.17, 15) is 9.50 Å². The van der Waals surface area contributed by atoms with Crippen molar-refractivity contribution >= 4 is 11.3 Å². The zero-order valence-corrected chi connectivity index (χ0v) is 16.2. The molecule has 0 fully saturated rings. The lowest BCUT2D eigenvalue weighted by Crippen LogP contribution is -2.35. The summed E-state index contributed by atoms with van der Waals surface area (Å²) < 4.78 is 18.9. The lowest BCUT2D eigenvalue weighted by atomic mass is 10.2. The van der Waals surface area contributed by atoms with Gasteiger partial charge in [0, 0.05) is 24.5 Å². The first-order valence-electron chi connectivity index (χ1n) is 8.96. The second-order valence-corrected chi connectivity index (χ2v) is 7.64. The van der Waals surface area contributed by atoms with Gasteiger partial charge < -0.3 is 9.84 Å². The number of nitrogens with zero attached hydrogens (tertiary/aromatic N) is 1. The molecule has 5 heteroatoms. The largest absolute Gasteiger partial charge is 0.491 e. The van der Waals surface area contributed by atoms with Crippen molar-refractivity contribution in [3.05, 3.63) is 87.9 Å². The zero-order chi connectivity index (χ0) is 19.1. The van der Waals surface area contributed by atoms with Crippen LogP contribution in [-0.4, -0.2) is 29.3 Å². The number of thiophene rings is 1. The van der Waals surface area contributed by atoms with Crippen LogP contribution < -0.4 is 4.74 Å². The molecule has 0 aliphatic carbocycles. The maximum atomic E-state index is 13.2. The van der Waals surface area contributed by atoms with Crippen LogP contribution in [0.5, 0.6) is 5.75 Å². The first-order valence-corrected chi connectivity index (χ1v) is 9.84. The van der Waals surface area contributed by atoms with Crippen molar-refractivity contribution in [2.75, 3.05) is 13.2 Å². The Morgan fingerprint density at radius 1 is 1.04 bits per heavy atom. The van der Waals surface area contributed by atoms with Gasteiger partial charge in [-0.2, -0.15) is 0 Å². The molecule has 0 saturated heterocycles. The van der Waals surface area contributed by atoms with Crippen molar-refractivity contribution in [3.8, 4) is 5.75 Å². The van der Waals surface area contributed by atoms with Gasteiger partial charge in [0.05, 0.1) is 0 Å². The number of para-hydroxylation sites is 1. The summed E-state index contributed by atoms with van der Waals surface area (Å²) in [5.74, 6) is 0.551. The molecule has 0 unspecified atom stereocenters. The summed E-state index contributed by atoms with van der Waals surface area (Å²) in [6, 6.07) is 18.4. The Hall–Kier alpha value is -2.21. The number of ether oxygens (including phenoxy) is 1. The summed E-state index contributed by atoms with van der Waals surface area (Å²) in [5.41, 5.74) is 2.06. The molecule has 2 aromatic carbocycles. The van der Waals surface area contributed by atoms with Crippen LogP contribution >= 0.6 is 11.3 Å². The van der Waals surface area contributed by atoms with Crippen LogP contribution in [0.25, 0.3) is 0 Å². The fraction of sp³-hybridized carbons (Fsp3) is 0.273. The Morgan fingerprint density at radius 3 is 2.52 bits per heavy atom. The molecule has 1 atom stereocenters. The van der Waals surface area contributed by atoms with Crippen molar-refractivity contribution in [1.82, 2.24) is 4.90 Å². The van der Waals surface area contributed by atoms with Gasteiger partial charge in [-0.05, 0) is 47.7 Å². The molecule has 0 aliphatic rings. The van der Waals surface area contributed by atoms with Gasteiger partial charge in [0.15, 0.2) is 0 Å². The molecule has 0 saturated carbocycles. The van der Waals surface area contributed by atoms with Crippen molar-refractivity contribution in [1.29, 1.82) is 0 Å². The third kappa shape index (κ3) is 6.17. The van der Waals surface area contributed by atoms with E-state index in [0.717, 1.165) is 23.4 Å². The maximum Gasteiger partial charge on any atom is 0.123 e. The molecule has 0 amide bonds. The highest BCUT2D eigenvalue weighted by atomic mass is 32.1. The van der Waals surface area contributed by atoms with E-state index in [-0.39, 0.29) is 12.4 Å². The van der Waals surface area contributed by atoms with Crippen molar-refractivity contribution in [2.24, 2.45) is 0 Å². The molecule has 3 nitrogen and oxygen atoms in total. The number of aryl methyl sites for hydroxylation is 1. The van der Waals surface area contributed by atoms with E-state index in [1.165, 1.54) is 17.0 Å². The quantitative estimate of drug-likeness (QED) is 0.583. The SMILES string of the molecule is Cc1ccccc1OC[C@H](O)CN(Cc1ccc(F)cc1)Cc1cccs1. The predicted octanol–water partition coefficient (Wildman–Crippen LogP) is 4.64. The molecule has 1 aromatic heterocycles. The van der Waals surface area contributed by atoms with Crippen LogP contribution in [-0.2, 0) is 13.1 Å². The highest BCUT2D eigenvalue weighted by Gasteiger charge is 2.15. The van der Waals surface area contributed by atoms with Gasteiger partial charge in [-0.3, -0.25) is 4.90 Å². The minimum atomic E-state index is -0.620. The molecule has 27 heavy (non-hydrogen) atoms. The topological polar surface area (TPSA) is 32.7 Å². The molecule has 0 bridgehead atoms. The molecule has 0 radical (unpaired) electrons. The first-order chi connectivity index (χ1) is 13.1. The summed E-state index contributed by atoms with van der Waals surface area (Å²) in [6.07, 6.45) is -0.620. The van der Waals surface area contributed by atoms with Gasteiger partial charge in [-0.15, -0.1) is 11.3 Å². The number of halogens is 1. The van der Waals surface area contributed by atoms with E-state index >= 15 is 0 Å². The normalized spacial score (nSPS) is 12.3. The van der Waals surface area contributed by atoms with Crippen LogP contribution in [0, 0.1) is 12.7 Å². The summed E-state index contributed by atoms with van der Waals surface area (Å²) in [7, 11) is 0. The van der Waals surface area contributed by atoms with Crippen LogP contribution in [0.1, 0.15) is 16.0 Å². The maximum absolute atomic E-state index is 13.2. The van der Waals surface area contributed by atoms with Gasteiger partial charge in [0.25, 0.3) is 0 Å². The monoisotopic (exact) mass is 385 g/mol. The lowest BCUT2D eigenvalue weighted by molar-refractivity contribution is 0.0630. The number of rotatable bonds is 9. The molecule has 1 N–H and O–H groups in total. The van der Waals surface area contributed by atoms with Crippen LogP contribution in [0.3, 0.4) is 0 Å². The lowest BCUT2D eigenvalue weighted by Gasteiger charge is -2.25. The van der Waals surface area contributed by atoms with E-state index in [1.807, 2.05) is 42.6 Å². The summed E-state index contributed by atoms with van der Waals surface area (Å²) in [4.78, 5) is 3.38. The minimum absolute atomic E-state index is 0.231. The average Bonchev–Trinajstić information content (AvgIpc) is 3.16. The van der Waals surface area contributed by atoms with Crippen molar-refractivity contribution in [2.45, 2.75) is 26.1 Å². The minimum Gasteiger partial charge on any atom is -0.491 e. The second kappa shape index (κ2) is 9.65. The molecule has 0 spiro atoms. The number of benzene rings is 2. The summed E-state index contributed by atoms with van der Waals surface area (Å²) >= 11 is 1.69. The van der Waals surface area contributed by atoms with Crippen LogP contribution in [0.4, 0.5) is 4.39 Å². The number of hydrogen-bond donors (Lipinski definition) is 1. The molecule has 0 aliphatic heterocycles. The fourth-order valence-corrected chi connectivity index (χ4v) is 3.66. The smallest absolute Gasteiger partial charge is 0.123 e. The van der Waals surface area contributed by atoms with Crippen molar-refractivity contribution in [3.63, 3.8) is 0 Å². The van der Waals surface area contributed by atoms with E-state index in [2.05, 4.69) is 11.0 Å². The average molecular weight is 386 g/mol. The molecule has 3 aromatic rings. The molecule has 142 valence electrons. The molecule has 3 rings (SSSR count). The number of aliphatic hydroxyl groups excluding tert-OH is 1. The highest BCUT2D eigenvalue weighted by Crippen LogP contribution is 2.18. The van der Waals surface area contributed by atoms with Gasteiger partial charge >= 0.3 is 0 Å².